The minimum atomic E-state index is 0. The standard InChI is InChI=1S/C8H9.C2H5.BrH.Mg/c1-2-8-6-4-3-5-7-8;1-2;;/h4-7H,2H2,1H3;1H2,2H3;1H;. The van der Waals surface area contributed by atoms with Crippen molar-refractivity contribution in [2.24, 2.45) is 0 Å². The Morgan fingerprint density at radius 3 is 2.08 bits per heavy atom. The van der Waals surface area contributed by atoms with Gasteiger partial charge in [-0.2, -0.15) is 3.69 Å². The number of hydrogen-bond donors (Lipinski definition) is 0. The van der Waals surface area contributed by atoms with Crippen LogP contribution in [0.25, 0.3) is 0 Å². The van der Waals surface area contributed by atoms with E-state index in [4.69, 9.17) is 0 Å². The van der Waals surface area contributed by atoms with Crippen LogP contribution in [0.2, 0.25) is 4.55 Å². The first kappa shape index (κ1) is 12.5. The second-order valence-electron chi connectivity index (χ2n) is 2.92. The van der Waals surface area contributed by atoms with E-state index >= 15 is 0 Å². The van der Waals surface area contributed by atoms with Gasteiger partial charge in [-0.15, -0.1) is 21.5 Å². The maximum Gasteiger partial charge on any atom is 0.408 e. The Hall–Kier alpha value is 0.466. The molecule has 1 rings (SSSR count). The lowest BCUT2D eigenvalue weighted by Crippen LogP contribution is -2.11. The SMILES string of the molecule is Br.C[CH2][Mg][c]1ccc(CC)cc1. The molecule has 0 aliphatic heterocycles. The molecule has 1 aromatic carbocycles. The highest BCUT2D eigenvalue weighted by atomic mass is 79.9. The average molecular weight is 239 g/mol. The lowest BCUT2D eigenvalue weighted by atomic mass is 10.2. The van der Waals surface area contributed by atoms with E-state index in [2.05, 4.69) is 38.1 Å². The van der Waals surface area contributed by atoms with Crippen LogP contribution in [0, 0.1) is 0 Å². The van der Waals surface area contributed by atoms with Gasteiger partial charge in [-0.3, -0.25) is 0 Å². The van der Waals surface area contributed by atoms with Crippen LogP contribution >= 0.6 is 17.0 Å². The minimum absolute atomic E-state index is 0. The topological polar surface area (TPSA) is 0 Å². The van der Waals surface area contributed by atoms with Crippen LogP contribution in [0.4, 0.5) is 0 Å². The highest BCUT2D eigenvalue weighted by Crippen LogP contribution is 1.96. The summed E-state index contributed by atoms with van der Waals surface area (Å²) >= 11 is 0.0753. The van der Waals surface area contributed by atoms with E-state index < -0.39 is 0 Å². The molecule has 64 valence electrons. The van der Waals surface area contributed by atoms with Gasteiger partial charge < -0.3 is 0 Å². The lowest BCUT2D eigenvalue weighted by Gasteiger charge is -1.98. The molecule has 0 fully saturated rings. The fourth-order valence-electron chi connectivity index (χ4n) is 1.23. The zero-order valence-corrected chi connectivity index (χ0v) is 11.0. The fourth-order valence-corrected chi connectivity index (χ4v) is 2.38. The van der Waals surface area contributed by atoms with Gasteiger partial charge in [0.2, 0.25) is 0 Å². The van der Waals surface area contributed by atoms with Crippen molar-refractivity contribution in [1.29, 1.82) is 0 Å². The second-order valence-corrected chi connectivity index (χ2v) is 5.24. The van der Waals surface area contributed by atoms with Crippen molar-refractivity contribution >= 4 is 41.0 Å². The van der Waals surface area contributed by atoms with Crippen LogP contribution in [0.15, 0.2) is 24.3 Å². The van der Waals surface area contributed by atoms with Crippen LogP contribution in [0.1, 0.15) is 19.4 Å². The normalized spacial score (nSPS) is 8.50. The van der Waals surface area contributed by atoms with Gasteiger partial charge in [0.15, 0.2) is 0 Å². The molecule has 1 aromatic rings. The Balaban J connectivity index is 0.00000121. The van der Waals surface area contributed by atoms with Gasteiger partial charge in [-0.1, -0.05) is 38.1 Å². The molecular weight excluding hydrogens is 224 g/mol. The predicted molar refractivity (Wildman–Crippen MR) is 62.0 cm³/mol. The van der Waals surface area contributed by atoms with Crippen molar-refractivity contribution < 1.29 is 0 Å². The molecule has 0 saturated carbocycles. The minimum Gasteiger partial charge on any atom is -0.174 e. The number of hydrogen-bond acceptors (Lipinski definition) is 0. The third kappa shape index (κ3) is 3.92. The van der Waals surface area contributed by atoms with Crippen molar-refractivity contribution in [2.45, 2.75) is 24.8 Å². The van der Waals surface area contributed by atoms with Crippen molar-refractivity contribution in [3.8, 4) is 0 Å². The molecule has 0 saturated heterocycles. The Kier molecular flexibility index (Phi) is 7.20. The summed E-state index contributed by atoms with van der Waals surface area (Å²) in [5.41, 5.74) is 1.46. The molecule has 0 atom stereocenters. The monoisotopic (exact) mass is 238 g/mol. The fraction of sp³-hybridized carbons (Fsp3) is 0.400. The molecule has 0 amide bonds. The first-order valence-electron chi connectivity index (χ1n) is 4.44. The van der Waals surface area contributed by atoms with Gasteiger partial charge in [-0.25, -0.2) is 0 Å². The number of benzene rings is 1. The maximum atomic E-state index is 2.30. The molecule has 2 heteroatoms. The number of aryl methyl sites for hydroxylation is 1. The Morgan fingerprint density at radius 1 is 1.08 bits per heavy atom. The highest BCUT2D eigenvalue weighted by molar-refractivity contribution is 8.93. The quantitative estimate of drug-likeness (QED) is 0.711. The van der Waals surface area contributed by atoms with Crippen LogP contribution in [0.3, 0.4) is 0 Å². The van der Waals surface area contributed by atoms with E-state index in [-0.39, 0.29) is 37.3 Å². The van der Waals surface area contributed by atoms with Crippen LogP contribution in [-0.2, 0) is 6.42 Å². The molecule has 0 unspecified atom stereocenters. The van der Waals surface area contributed by atoms with E-state index in [1.54, 1.807) is 3.69 Å². The first-order chi connectivity index (χ1) is 5.36. The summed E-state index contributed by atoms with van der Waals surface area (Å²) in [6, 6.07) is 9.12. The van der Waals surface area contributed by atoms with E-state index in [1.807, 2.05) is 0 Å². The van der Waals surface area contributed by atoms with Crippen LogP contribution in [-0.4, -0.2) is 20.4 Å². The summed E-state index contributed by atoms with van der Waals surface area (Å²) in [6.07, 6.45) is 1.16. The summed E-state index contributed by atoms with van der Waals surface area (Å²) in [5, 5.41) is 0. The van der Waals surface area contributed by atoms with Gasteiger partial charge in [0.05, 0.1) is 0 Å². The summed E-state index contributed by atoms with van der Waals surface area (Å²) in [5.74, 6) is 0. The predicted octanol–water partition coefficient (Wildman–Crippen LogP) is 2.59. The van der Waals surface area contributed by atoms with Crippen molar-refractivity contribution in [1.82, 2.24) is 0 Å². The van der Waals surface area contributed by atoms with E-state index in [9.17, 15) is 0 Å². The van der Waals surface area contributed by atoms with E-state index in [0.29, 0.717) is 0 Å². The average Bonchev–Trinajstić information content (AvgIpc) is 2.07. The molecular formula is C10H15BrMg. The Labute approximate surface area is 95.2 Å². The highest BCUT2D eigenvalue weighted by Gasteiger charge is 1.94. The summed E-state index contributed by atoms with van der Waals surface area (Å²) in [6.45, 7) is 4.48. The third-order valence-electron chi connectivity index (χ3n) is 1.97. The zero-order chi connectivity index (χ0) is 8.10. The van der Waals surface area contributed by atoms with Crippen molar-refractivity contribution in [3.63, 3.8) is 0 Å². The molecule has 0 radical (unpaired) electrons. The Bertz CT molecular complexity index is 206. The van der Waals surface area contributed by atoms with Gasteiger partial charge in [0.25, 0.3) is 0 Å². The number of rotatable bonds is 3. The smallest absolute Gasteiger partial charge is 0.174 e. The van der Waals surface area contributed by atoms with Crippen molar-refractivity contribution in [2.75, 3.05) is 0 Å². The molecule has 0 heterocycles. The zero-order valence-electron chi connectivity index (χ0n) is 7.84. The van der Waals surface area contributed by atoms with E-state index in [0.717, 1.165) is 6.42 Å². The van der Waals surface area contributed by atoms with Gasteiger partial charge in [-0.05, 0) is 12.0 Å². The second kappa shape index (κ2) is 6.93. The van der Waals surface area contributed by atoms with Crippen LogP contribution in [0.5, 0.6) is 0 Å². The summed E-state index contributed by atoms with van der Waals surface area (Å²) in [4.78, 5) is 0. The molecule has 0 aliphatic carbocycles. The largest absolute Gasteiger partial charge is 0.408 e. The molecule has 0 spiro atoms. The summed E-state index contributed by atoms with van der Waals surface area (Å²) in [7, 11) is 0. The third-order valence-corrected chi connectivity index (χ3v) is 3.52. The Morgan fingerprint density at radius 2 is 1.67 bits per heavy atom. The lowest BCUT2D eigenvalue weighted by molar-refractivity contribution is 1.14. The van der Waals surface area contributed by atoms with E-state index in [1.165, 1.54) is 10.1 Å². The molecule has 0 aliphatic rings. The van der Waals surface area contributed by atoms with Gasteiger partial charge in [0.1, 0.15) is 0 Å². The first-order valence-corrected chi connectivity index (χ1v) is 6.15. The van der Waals surface area contributed by atoms with Gasteiger partial charge >= 0.3 is 20.4 Å². The number of halogens is 1. The molecule has 0 bridgehead atoms. The van der Waals surface area contributed by atoms with Crippen molar-refractivity contribution in [3.05, 3.63) is 29.8 Å². The molecule has 0 nitrogen and oxygen atoms in total. The summed E-state index contributed by atoms with van der Waals surface area (Å²) < 4.78 is 2.98. The maximum absolute atomic E-state index is 2.30. The molecule has 12 heavy (non-hydrogen) atoms. The van der Waals surface area contributed by atoms with Crippen LogP contribution < -0.4 is 3.69 Å². The molecule has 0 aromatic heterocycles. The molecule has 0 N–H and O–H groups in total. The van der Waals surface area contributed by atoms with Gasteiger partial charge in [0, 0.05) is 0 Å².